The van der Waals surface area contributed by atoms with Crippen LogP contribution in [-0.4, -0.2) is 13.2 Å². The van der Waals surface area contributed by atoms with E-state index in [-0.39, 0.29) is 0 Å². The highest BCUT2D eigenvalue weighted by Crippen LogP contribution is 2.28. The SMILES string of the molecule is CCNCc1cc(Br)cc(C)c1OCC. The Hall–Kier alpha value is -0.540. The Labute approximate surface area is 100 Å². The van der Waals surface area contributed by atoms with Crippen LogP contribution < -0.4 is 10.1 Å². The lowest BCUT2D eigenvalue weighted by atomic mass is 10.1. The minimum atomic E-state index is 0.710. The fraction of sp³-hybridized carbons (Fsp3) is 0.500. The van der Waals surface area contributed by atoms with E-state index in [1.807, 2.05) is 6.92 Å². The number of halogens is 1. The third-order valence-corrected chi connectivity index (χ3v) is 2.63. The summed E-state index contributed by atoms with van der Waals surface area (Å²) in [4.78, 5) is 0. The van der Waals surface area contributed by atoms with Gasteiger partial charge in [-0.3, -0.25) is 0 Å². The molecule has 0 fully saturated rings. The zero-order chi connectivity index (χ0) is 11.3. The van der Waals surface area contributed by atoms with Crippen molar-refractivity contribution in [2.45, 2.75) is 27.3 Å². The molecule has 2 nitrogen and oxygen atoms in total. The van der Waals surface area contributed by atoms with E-state index < -0.39 is 0 Å². The molecule has 15 heavy (non-hydrogen) atoms. The van der Waals surface area contributed by atoms with Crippen LogP contribution in [0.2, 0.25) is 0 Å². The first kappa shape index (κ1) is 12.5. The van der Waals surface area contributed by atoms with Crippen LogP contribution in [0.15, 0.2) is 16.6 Å². The Morgan fingerprint density at radius 2 is 2.07 bits per heavy atom. The van der Waals surface area contributed by atoms with Crippen molar-refractivity contribution in [2.24, 2.45) is 0 Å². The highest BCUT2D eigenvalue weighted by Gasteiger charge is 2.07. The smallest absolute Gasteiger partial charge is 0.126 e. The number of benzene rings is 1. The van der Waals surface area contributed by atoms with Crippen molar-refractivity contribution in [3.05, 3.63) is 27.7 Å². The molecule has 0 aliphatic rings. The topological polar surface area (TPSA) is 21.3 Å². The van der Waals surface area contributed by atoms with E-state index in [9.17, 15) is 0 Å². The lowest BCUT2D eigenvalue weighted by molar-refractivity contribution is 0.333. The molecule has 1 aromatic carbocycles. The summed E-state index contributed by atoms with van der Waals surface area (Å²) in [6.45, 7) is 8.72. The van der Waals surface area contributed by atoms with Crippen LogP contribution in [0, 0.1) is 6.92 Å². The number of nitrogens with one attached hydrogen (secondary N) is 1. The lowest BCUT2D eigenvalue weighted by Crippen LogP contribution is -2.13. The summed E-state index contributed by atoms with van der Waals surface area (Å²) < 4.78 is 6.77. The van der Waals surface area contributed by atoms with Crippen molar-refractivity contribution in [3.8, 4) is 5.75 Å². The molecule has 1 rings (SSSR count). The van der Waals surface area contributed by atoms with Crippen LogP contribution in [0.4, 0.5) is 0 Å². The maximum atomic E-state index is 5.66. The maximum Gasteiger partial charge on any atom is 0.126 e. The first-order chi connectivity index (χ1) is 7.19. The van der Waals surface area contributed by atoms with Crippen molar-refractivity contribution in [1.82, 2.24) is 5.32 Å². The van der Waals surface area contributed by atoms with E-state index in [0.717, 1.165) is 23.3 Å². The largest absolute Gasteiger partial charge is 0.493 e. The molecule has 0 aliphatic carbocycles. The first-order valence-electron chi connectivity index (χ1n) is 5.31. The van der Waals surface area contributed by atoms with Gasteiger partial charge < -0.3 is 10.1 Å². The van der Waals surface area contributed by atoms with Crippen molar-refractivity contribution in [1.29, 1.82) is 0 Å². The molecule has 0 amide bonds. The third kappa shape index (κ3) is 3.50. The average molecular weight is 272 g/mol. The molecule has 0 aliphatic heterocycles. The second kappa shape index (κ2) is 6.13. The highest BCUT2D eigenvalue weighted by molar-refractivity contribution is 9.10. The van der Waals surface area contributed by atoms with Crippen molar-refractivity contribution >= 4 is 15.9 Å². The van der Waals surface area contributed by atoms with E-state index in [0.29, 0.717) is 6.61 Å². The average Bonchev–Trinajstić information content (AvgIpc) is 2.19. The van der Waals surface area contributed by atoms with Crippen LogP contribution >= 0.6 is 15.9 Å². The van der Waals surface area contributed by atoms with Gasteiger partial charge in [0.15, 0.2) is 0 Å². The Bertz CT molecular complexity index is 326. The van der Waals surface area contributed by atoms with Gasteiger partial charge in [0.25, 0.3) is 0 Å². The van der Waals surface area contributed by atoms with E-state index in [1.54, 1.807) is 0 Å². The standard InChI is InChI=1S/C12H18BrNO/c1-4-14-8-10-7-11(13)6-9(3)12(10)15-5-2/h6-7,14H,4-5,8H2,1-3H3. The Kier molecular flexibility index (Phi) is 5.12. The molecule has 1 N–H and O–H groups in total. The Morgan fingerprint density at radius 3 is 2.67 bits per heavy atom. The third-order valence-electron chi connectivity index (χ3n) is 2.17. The van der Waals surface area contributed by atoms with E-state index in [1.165, 1.54) is 11.1 Å². The summed E-state index contributed by atoms with van der Waals surface area (Å²) in [6, 6.07) is 4.20. The van der Waals surface area contributed by atoms with E-state index >= 15 is 0 Å². The van der Waals surface area contributed by atoms with Gasteiger partial charge in [-0.25, -0.2) is 0 Å². The maximum absolute atomic E-state index is 5.66. The summed E-state index contributed by atoms with van der Waals surface area (Å²) in [5.41, 5.74) is 2.39. The number of ether oxygens (including phenoxy) is 1. The van der Waals surface area contributed by atoms with E-state index in [2.05, 4.69) is 47.2 Å². The van der Waals surface area contributed by atoms with E-state index in [4.69, 9.17) is 4.74 Å². The summed E-state index contributed by atoms with van der Waals surface area (Å²) in [5, 5.41) is 3.32. The quantitative estimate of drug-likeness (QED) is 0.888. The predicted octanol–water partition coefficient (Wildman–Crippen LogP) is 3.27. The molecule has 1 aromatic rings. The predicted molar refractivity (Wildman–Crippen MR) is 67.4 cm³/mol. The minimum absolute atomic E-state index is 0.710. The molecular formula is C12H18BrNO. The van der Waals surface area contributed by atoms with Gasteiger partial charge in [-0.05, 0) is 38.1 Å². The second-order valence-electron chi connectivity index (χ2n) is 3.42. The van der Waals surface area contributed by atoms with Crippen molar-refractivity contribution in [3.63, 3.8) is 0 Å². The monoisotopic (exact) mass is 271 g/mol. The van der Waals surface area contributed by atoms with Crippen LogP contribution in [0.3, 0.4) is 0 Å². The van der Waals surface area contributed by atoms with Gasteiger partial charge in [0.1, 0.15) is 5.75 Å². The van der Waals surface area contributed by atoms with Gasteiger partial charge in [-0.15, -0.1) is 0 Å². The molecule has 0 bridgehead atoms. The minimum Gasteiger partial charge on any atom is -0.493 e. The Morgan fingerprint density at radius 1 is 1.33 bits per heavy atom. The summed E-state index contributed by atoms with van der Waals surface area (Å²) in [6.07, 6.45) is 0. The molecule has 0 atom stereocenters. The number of hydrogen-bond acceptors (Lipinski definition) is 2. The molecular weight excluding hydrogens is 254 g/mol. The Balaban J connectivity index is 2.97. The number of hydrogen-bond donors (Lipinski definition) is 1. The summed E-state index contributed by atoms with van der Waals surface area (Å²) in [5.74, 6) is 1.02. The highest BCUT2D eigenvalue weighted by atomic mass is 79.9. The van der Waals surface area contributed by atoms with Gasteiger partial charge >= 0.3 is 0 Å². The molecule has 84 valence electrons. The van der Waals surface area contributed by atoms with Crippen LogP contribution in [0.1, 0.15) is 25.0 Å². The van der Waals surface area contributed by atoms with Gasteiger partial charge in [0.05, 0.1) is 6.61 Å². The molecule has 0 spiro atoms. The molecule has 0 saturated heterocycles. The van der Waals surface area contributed by atoms with Crippen LogP contribution in [-0.2, 0) is 6.54 Å². The van der Waals surface area contributed by atoms with Crippen LogP contribution in [0.25, 0.3) is 0 Å². The molecule has 0 saturated carbocycles. The fourth-order valence-corrected chi connectivity index (χ4v) is 2.16. The van der Waals surface area contributed by atoms with Crippen molar-refractivity contribution in [2.75, 3.05) is 13.2 Å². The molecule has 3 heteroatoms. The van der Waals surface area contributed by atoms with Gasteiger partial charge in [-0.1, -0.05) is 22.9 Å². The fourth-order valence-electron chi connectivity index (χ4n) is 1.54. The second-order valence-corrected chi connectivity index (χ2v) is 4.34. The first-order valence-corrected chi connectivity index (χ1v) is 6.10. The molecule has 0 aromatic heterocycles. The summed E-state index contributed by atoms with van der Waals surface area (Å²) >= 11 is 3.51. The lowest BCUT2D eigenvalue weighted by Gasteiger charge is -2.14. The molecule has 0 heterocycles. The zero-order valence-electron chi connectivity index (χ0n) is 9.56. The number of rotatable bonds is 5. The normalized spacial score (nSPS) is 10.4. The van der Waals surface area contributed by atoms with Gasteiger partial charge in [0, 0.05) is 16.6 Å². The zero-order valence-corrected chi connectivity index (χ0v) is 11.1. The van der Waals surface area contributed by atoms with Crippen molar-refractivity contribution < 1.29 is 4.74 Å². The number of aryl methyl sites for hydroxylation is 1. The van der Waals surface area contributed by atoms with Crippen LogP contribution in [0.5, 0.6) is 5.75 Å². The molecule has 0 unspecified atom stereocenters. The van der Waals surface area contributed by atoms with Gasteiger partial charge in [0.2, 0.25) is 0 Å². The summed E-state index contributed by atoms with van der Waals surface area (Å²) in [7, 11) is 0. The molecule has 0 radical (unpaired) electrons. The van der Waals surface area contributed by atoms with Gasteiger partial charge in [-0.2, -0.15) is 0 Å².